The molecule has 1 amide bonds. The van der Waals surface area contributed by atoms with Crippen LogP contribution in [0.25, 0.3) is 0 Å². The molecule has 0 heterocycles. The van der Waals surface area contributed by atoms with E-state index in [1.807, 2.05) is 13.8 Å². The fourth-order valence-electron chi connectivity index (χ4n) is 1.58. The predicted molar refractivity (Wildman–Crippen MR) is 64.7 cm³/mol. The summed E-state index contributed by atoms with van der Waals surface area (Å²) in [5.74, 6) is 0.157. The van der Waals surface area contributed by atoms with Crippen molar-refractivity contribution in [3.05, 3.63) is 0 Å². The van der Waals surface area contributed by atoms with E-state index < -0.39 is 0 Å². The average molecular weight is 214 g/mol. The minimum absolute atomic E-state index is 0.156. The minimum Gasteiger partial charge on any atom is -0.351 e. The van der Waals surface area contributed by atoms with Gasteiger partial charge in [0.1, 0.15) is 0 Å². The van der Waals surface area contributed by atoms with Crippen molar-refractivity contribution in [2.24, 2.45) is 5.73 Å². The molecule has 0 aliphatic carbocycles. The van der Waals surface area contributed by atoms with Crippen LogP contribution in [0.15, 0.2) is 0 Å². The highest BCUT2D eigenvalue weighted by atomic mass is 16.1. The van der Waals surface area contributed by atoms with Gasteiger partial charge in [-0.3, -0.25) is 4.79 Å². The third-order valence-electron chi connectivity index (χ3n) is 2.50. The van der Waals surface area contributed by atoms with Gasteiger partial charge in [0.25, 0.3) is 0 Å². The SMILES string of the molecule is CCCCCCC(=O)NC(C)(C)CCN. The van der Waals surface area contributed by atoms with Crippen molar-refractivity contribution >= 4 is 5.91 Å². The van der Waals surface area contributed by atoms with Gasteiger partial charge in [0.2, 0.25) is 5.91 Å². The second-order valence-corrected chi connectivity index (χ2v) is 4.78. The van der Waals surface area contributed by atoms with Crippen LogP contribution in [0.5, 0.6) is 0 Å². The number of hydrogen-bond donors (Lipinski definition) is 2. The van der Waals surface area contributed by atoms with E-state index in [1.54, 1.807) is 0 Å². The molecule has 3 nitrogen and oxygen atoms in total. The van der Waals surface area contributed by atoms with E-state index in [-0.39, 0.29) is 11.4 Å². The van der Waals surface area contributed by atoms with Crippen LogP contribution in [0, 0.1) is 0 Å². The summed E-state index contributed by atoms with van der Waals surface area (Å²) < 4.78 is 0. The van der Waals surface area contributed by atoms with Gasteiger partial charge in [-0.25, -0.2) is 0 Å². The van der Waals surface area contributed by atoms with Gasteiger partial charge in [0.05, 0.1) is 0 Å². The first kappa shape index (κ1) is 14.4. The normalized spacial score (nSPS) is 11.5. The second-order valence-electron chi connectivity index (χ2n) is 4.78. The molecule has 0 unspecified atom stereocenters. The summed E-state index contributed by atoms with van der Waals surface area (Å²) in [7, 11) is 0. The van der Waals surface area contributed by atoms with Crippen LogP contribution in [0.3, 0.4) is 0 Å². The quantitative estimate of drug-likeness (QED) is 0.609. The third-order valence-corrected chi connectivity index (χ3v) is 2.50. The monoisotopic (exact) mass is 214 g/mol. The zero-order chi connectivity index (χ0) is 11.7. The van der Waals surface area contributed by atoms with E-state index in [1.165, 1.54) is 12.8 Å². The number of hydrogen-bond acceptors (Lipinski definition) is 2. The molecule has 3 heteroatoms. The Hall–Kier alpha value is -0.570. The van der Waals surface area contributed by atoms with Crippen molar-refractivity contribution in [3.63, 3.8) is 0 Å². The van der Waals surface area contributed by atoms with Crippen LogP contribution in [-0.2, 0) is 4.79 Å². The molecule has 0 bridgehead atoms. The maximum atomic E-state index is 11.5. The fourth-order valence-corrected chi connectivity index (χ4v) is 1.58. The van der Waals surface area contributed by atoms with Crippen LogP contribution < -0.4 is 11.1 Å². The highest BCUT2D eigenvalue weighted by Gasteiger charge is 2.18. The number of carbonyl (C=O) groups excluding carboxylic acids is 1. The highest BCUT2D eigenvalue weighted by molar-refractivity contribution is 5.76. The lowest BCUT2D eigenvalue weighted by molar-refractivity contribution is -0.122. The summed E-state index contributed by atoms with van der Waals surface area (Å²) >= 11 is 0. The topological polar surface area (TPSA) is 55.1 Å². The number of amides is 1. The molecule has 0 aliphatic heterocycles. The van der Waals surface area contributed by atoms with Crippen molar-refractivity contribution in [2.45, 2.75) is 64.8 Å². The summed E-state index contributed by atoms with van der Waals surface area (Å²) in [6.07, 6.45) is 6.06. The average Bonchev–Trinajstić information content (AvgIpc) is 2.11. The lowest BCUT2D eigenvalue weighted by atomic mass is 10.0. The van der Waals surface area contributed by atoms with Crippen molar-refractivity contribution in [1.82, 2.24) is 5.32 Å². The largest absolute Gasteiger partial charge is 0.351 e. The molecule has 90 valence electrons. The lowest BCUT2D eigenvalue weighted by Gasteiger charge is -2.25. The summed E-state index contributed by atoms with van der Waals surface area (Å²) in [5.41, 5.74) is 5.32. The maximum absolute atomic E-state index is 11.5. The standard InChI is InChI=1S/C12H26N2O/c1-4-5-6-7-8-11(15)14-12(2,3)9-10-13/h4-10,13H2,1-3H3,(H,14,15). The number of nitrogens with one attached hydrogen (secondary N) is 1. The van der Waals surface area contributed by atoms with Gasteiger partial charge in [0, 0.05) is 12.0 Å². The lowest BCUT2D eigenvalue weighted by Crippen LogP contribution is -2.44. The molecule has 0 aromatic carbocycles. The molecule has 0 saturated heterocycles. The van der Waals surface area contributed by atoms with Crippen LogP contribution in [0.1, 0.15) is 59.3 Å². The molecule has 0 atom stereocenters. The summed E-state index contributed by atoms with van der Waals surface area (Å²) in [5, 5.41) is 3.02. The molecular weight excluding hydrogens is 188 g/mol. The Bertz CT molecular complexity index is 178. The molecule has 0 spiro atoms. The molecular formula is C12H26N2O. The molecule has 0 aromatic rings. The first-order valence-electron chi connectivity index (χ1n) is 6.03. The molecule has 0 fully saturated rings. The first-order valence-corrected chi connectivity index (χ1v) is 6.03. The van der Waals surface area contributed by atoms with Crippen LogP contribution in [0.2, 0.25) is 0 Å². The third kappa shape index (κ3) is 8.43. The summed E-state index contributed by atoms with van der Waals surface area (Å²) in [6, 6.07) is 0. The number of rotatable bonds is 8. The predicted octanol–water partition coefficient (Wildman–Crippen LogP) is 2.20. The van der Waals surface area contributed by atoms with Gasteiger partial charge in [-0.2, -0.15) is 0 Å². The van der Waals surface area contributed by atoms with Crippen LogP contribution in [-0.4, -0.2) is 18.0 Å². The zero-order valence-electron chi connectivity index (χ0n) is 10.4. The Labute approximate surface area is 93.8 Å². The molecule has 15 heavy (non-hydrogen) atoms. The van der Waals surface area contributed by atoms with E-state index in [9.17, 15) is 4.79 Å². The molecule has 3 N–H and O–H groups in total. The van der Waals surface area contributed by atoms with E-state index in [2.05, 4.69) is 12.2 Å². The van der Waals surface area contributed by atoms with Crippen molar-refractivity contribution in [2.75, 3.05) is 6.54 Å². The Morgan fingerprint density at radius 1 is 1.27 bits per heavy atom. The van der Waals surface area contributed by atoms with E-state index in [0.717, 1.165) is 19.3 Å². The fraction of sp³-hybridized carbons (Fsp3) is 0.917. The van der Waals surface area contributed by atoms with Gasteiger partial charge in [0.15, 0.2) is 0 Å². The molecule has 0 saturated carbocycles. The smallest absolute Gasteiger partial charge is 0.220 e. The van der Waals surface area contributed by atoms with Gasteiger partial charge in [-0.05, 0) is 33.2 Å². The Kier molecular flexibility index (Phi) is 7.39. The summed E-state index contributed by atoms with van der Waals surface area (Å²) in [6.45, 7) is 6.82. The Balaban J connectivity index is 3.63. The molecule has 0 aromatic heterocycles. The highest BCUT2D eigenvalue weighted by Crippen LogP contribution is 2.08. The Morgan fingerprint density at radius 2 is 1.93 bits per heavy atom. The van der Waals surface area contributed by atoms with Gasteiger partial charge in [-0.1, -0.05) is 26.2 Å². The van der Waals surface area contributed by atoms with Crippen molar-refractivity contribution in [3.8, 4) is 0 Å². The van der Waals surface area contributed by atoms with Gasteiger partial charge < -0.3 is 11.1 Å². The maximum Gasteiger partial charge on any atom is 0.220 e. The minimum atomic E-state index is -0.156. The molecule has 0 aliphatic rings. The number of unbranched alkanes of at least 4 members (excludes halogenated alkanes) is 3. The van der Waals surface area contributed by atoms with Crippen molar-refractivity contribution in [1.29, 1.82) is 0 Å². The van der Waals surface area contributed by atoms with Crippen LogP contribution >= 0.6 is 0 Å². The molecule has 0 radical (unpaired) electrons. The van der Waals surface area contributed by atoms with E-state index in [0.29, 0.717) is 13.0 Å². The van der Waals surface area contributed by atoms with Gasteiger partial charge >= 0.3 is 0 Å². The van der Waals surface area contributed by atoms with E-state index in [4.69, 9.17) is 5.73 Å². The van der Waals surface area contributed by atoms with E-state index >= 15 is 0 Å². The molecule has 0 rings (SSSR count). The number of carbonyl (C=O) groups is 1. The Morgan fingerprint density at radius 3 is 2.47 bits per heavy atom. The zero-order valence-corrected chi connectivity index (χ0v) is 10.4. The van der Waals surface area contributed by atoms with Gasteiger partial charge in [-0.15, -0.1) is 0 Å². The first-order chi connectivity index (χ1) is 7.02. The van der Waals surface area contributed by atoms with Crippen molar-refractivity contribution < 1.29 is 4.79 Å². The summed E-state index contributed by atoms with van der Waals surface area (Å²) in [4.78, 5) is 11.5. The second kappa shape index (κ2) is 7.69. The van der Waals surface area contributed by atoms with Crippen LogP contribution in [0.4, 0.5) is 0 Å². The number of nitrogens with two attached hydrogens (primary N) is 1.